The van der Waals surface area contributed by atoms with Gasteiger partial charge in [-0.1, -0.05) is 29.7 Å². The molecule has 162 valence electrons. The summed E-state index contributed by atoms with van der Waals surface area (Å²) in [4.78, 5) is 4.28. The molecule has 6 nitrogen and oxygen atoms in total. The molecule has 0 heterocycles. The highest BCUT2D eigenvalue weighted by Gasteiger charge is 2.07. The molecule has 0 aromatic heterocycles. The topological polar surface area (TPSA) is 64.1 Å². The molecule has 0 unspecified atom stereocenters. The number of nitrogens with zero attached hydrogens (tertiary/aromatic N) is 1. The Morgan fingerprint density at radius 2 is 1.77 bits per heavy atom. The van der Waals surface area contributed by atoms with E-state index >= 15 is 0 Å². The van der Waals surface area contributed by atoms with E-state index < -0.39 is 0 Å². The first kappa shape index (κ1) is 25.4. The number of guanidine groups is 1. The average Bonchev–Trinajstić information content (AvgIpc) is 2.74. The molecular formula is C23H30IN3O3. The fraction of sp³-hybridized carbons (Fsp3) is 0.348. The van der Waals surface area contributed by atoms with Crippen molar-refractivity contribution in [3.05, 3.63) is 53.1 Å². The molecule has 2 aromatic rings. The Hall–Kier alpha value is -2.60. The summed E-state index contributed by atoms with van der Waals surface area (Å²) in [5.41, 5.74) is 3.41. The standard InChI is InChI=1S/C23H29N3O3.HI/c1-6-13-29-22-15-18(8-10-21(22)28-5)16-26-23(24-3)25-12-11-19-14-17(2)7-9-20(19)27-4;/h1,7-10,14-15H,11-13,16H2,2-5H3,(H2,24,25,26);1H. The fourth-order valence-corrected chi connectivity index (χ4v) is 2.89. The highest BCUT2D eigenvalue weighted by molar-refractivity contribution is 14.0. The monoisotopic (exact) mass is 523 g/mol. The molecule has 0 atom stereocenters. The van der Waals surface area contributed by atoms with Crippen LogP contribution in [0, 0.1) is 19.3 Å². The number of nitrogens with one attached hydrogen (secondary N) is 2. The van der Waals surface area contributed by atoms with E-state index in [0.717, 1.165) is 30.2 Å². The van der Waals surface area contributed by atoms with Crippen LogP contribution < -0.4 is 24.8 Å². The van der Waals surface area contributed by atoms with E-state index in [1.165, 1.54) is 11.1 Å². The van der Waals surface area contributed by atoms with Crippen molar-refractivity contribution in [3.63, 3.8) is 0 Å². The van der Waals surface area contributed by atoms with Crippen molar-refractivity contribution in [1.82, 2.24) is 10.6 Å². The molecule has 0 aliphatic carbocycles. The molecule has 0 aliphatic rings. The SMILES string of the molecule is C#CCOc1cc(CNC(=NC)NCCc2cc(C)ccc2OC)ccc1OC.I. The van der Waals surface area contributed by atoms with Crippen molar-refractivity contribution in [2.75, 3.05) is 34.4 Å². The Kier molecular flexibility index (Phi) is 11.5. The predicted molar refractivity (Wildman–Crippen MR) is 132 cm³/mol. The van der Waals surface area contributed by atoms with Gasteiger partial charge in [-0.2, -0.15) is 0 Å². The first-order valence-corrected chi connectivity index (χ1v) is 9.42. The van der Waals surface area contributed by atoms with E-state index in [1.807, 2.05) is 30.3 Å². The quantitative estimate of drug-likeness (QED) is 0.228. The summed E-state index contributed by atoms with van der Waals surface area (Å²) in [7, 11) is 5.04. The summed E-state index contributed by atoms with van der Waals surface area (Å²) in [6.45, 7) is 3.59. The average molecular weight is 523 g/mol. The second-order valence-electron chi connectivity index (χ2n) is 6.40. The molecule has 0 fully saturated rings. The van der Waals surface area contributed by atoms with E-state index in [-0.39, 0.29) is 30.6 Å². The van der Waals surface area contributed by atoms with Crippen molar-refractivity contribution >= 4 is 29.9 Å². The third kappa shape index (κ3) is 7.67. The van der Waals surface area contributed by atoms with Crippen LogP contribution in [-0.4, -0.2) is 40.4 Å². The van der Waals surface area contributed by atoms with E-state index in [0.29, 0.717) is 18.0 Å². The Balaban J connectivity index is 0.00000450. The van der Waals surface area contributed by atoms with Crippen LogP contribution in [0.3, 0.4) is 0 Å². The van der Waals surface area contributed by atoms with Gasteiger partial charge in [0.15, 0.2) is 17.5 Å². The zero-order valence-electron chi connectivity index (χ0n) is 18.0. The molecule has 0 amide bonds. The third-order valence-electron chi connectivity index (χ3n) is 4.35. The van der Waals surface area contributed by atoms with Gasteiger partial charge in [-0.3, -0.25) is 4.99 Å². The summed E-state index contributed by atoms with van der Waals surface area (Å²) in [5.74, 6) is 5.36. The highest BCUT2D eigenvalue weighted by Crippen LogP contribution is 2.28. The van der Waals surface area contributed by atoms with Crippen molar-refractivity contribution in [3.8, 4) is 29.6 Å². The summed E-state index contributed by atoms with van der Waals surface area (Å²) < 4.78 is 16.3. The maximum Gasteiger partial charge on any atom is 0.191 e. The summed E-state index contributed by atoms with van der Waals surface area (Å²) in [6, 6.07) is 11.9. The third-order valence-corrected chi connectivity index (χ3v) is 4.35. The minimum Gasteiger partial charge on any atom is -0.496 e. The van der Waals surface area contributed by atoms with Crippen LogP contribution in [0.2, 0.25) is 0 Å². The number of methoxy groups -OCH3 is 2. The summed E-state index contributed by atoms with van der Waals surface area (Å²) in [6.07, 6.45) is 6.11. The number of benzene rings is 2. The fourth-order valence-electron chi connectivity index (χ4n) is 2.89. The first-order valence-electron chi connectivity index (χ1n) is 9.42. The van der Waals surface area contributed by atoms with Gasteiger partial charge in [0, 0.05) is 20.1 Å². The van der Waals surface area contributed by atoms with Crippen LogP contribution in [0.4, 0.5) is 0 Å². The van der Waals surface area contributed by atoms with Gasteiger partial charge in [-0.05, 0) is 42.7 Å². The highest BCUT2D eigenvalue weighted by atomic mass is 127. The lowest BCUT2D eigenvalue weighted by molar-refractivity contribution is 0.330. The molecule has 0 aliphatic heterocycles. The lowest BCUT2D eigenvalue weighted by Crippen LogP contribution is -2.37. The van der Waals surface area contributed by atoms with Crippen LogP contribution in [0.25, 0.3) is 0 Å². The van der Waals surface area contributed by atoms with Crippen molar-refractivity contribution in [1.29, 1.82) is 0 Å². The van der Waals surface area contributed by atoms with E-state index in [2.05, 4.69) is 34.5 Å². The number of aryl methyl sites for hydroxylation is 1. The van der Waals surface area contributed by atoms with Gasteiger partial charge in [0.1, 0.15) is 12.4 Å². The van der Waals surface area contributed by atoms with E-state index in [4.69, 9.17) is 20.6 Å². The first-order chi connectivity index (χ1) is 14.1. The molecule has 2 aromatic carbocycles. The molecule has 30 heavy (non-hydrogen) atoms. The Bertz CT molecular complexity index is 878. The lowest BCUT2D eigenvalue weighted by Gasteiger charge is -2.15. The number of hydrogen-bond acceptors (Lipinski definition) is 4. The van der Waals surface area contributed by atoms with Crippen molar-refractivity contribution < 1.29 is 14.2 Å². The van der Waals surface area contributed by atoms with Crippen LogP contribution in [0.5, 0.6) is 17.2 Å². The van der Waals surface area contributed by atoms with Gasteiger partial charge >= 0.3 is 0 Å². The Morgan fingerprint density at radius 3 is 2.43 bits per heavy atom. The number of aliphatic imine (C=N–C) groups is 1. The lowest BCUT2D eigenvalue weighted by atomic mass is 10.1. The largest absolute Gasteiger partial charge is 0.496 e. The molecule has 2 rings (SSSR count). The Morgan fingerprint density at radius 1 is 1.03 bits per heavy atom. The molecule has 0 spiro atoms. The number of halogens is 1. The molecule has 0 saturated heterocycles. The number of hydrogen-bond donors (Lipinski definition) is 2. The molecule has 2 N–H and O–H groups in total. The van der Waals surface area contributed by atoms with Gasteiger partial charge in [0.25, 0.3) is 0 Å². The molecule has 0 radical (unpaired) electrons. The molecular weight excluding hydrogens is 493 g/mol. The predicted octanol–water partition coefficient (Wildman–Crippen LogP) is 3.55. The zero-order valence-corrected chi connectivity index (χ0v) is 20.3. The van der Waals surface area contributed by atoms with Crippen molar-refractivity contribution in [2.24, 2.45) is 4.99 Å². The Labute approximate surface area is 196 Å². The van der Waals surface area contributed by atoms with Gasteiger partial charge in [-0.15, -0.1) is 30.4 Å². The van der Waals surface area contributed by atoms with Gasteiger partial charge in [0.2, 0.25) is 0 Å². The number of terminal acetylenes is 1. The van der Waals surface area contributed by atoms with Crippen LogP contribution in [-0.2, 0) is 13.0 Å². The van der Waals surface area contributed by atoms with Gasteiger partial charge in [0.05, 0.1) is 14.2 Å². The number of ether oxygens (including phenoxy) is 3. The molecule has 0 saturated carbocycles. The normalized spacial score (nSPS) is 10.4. The second kappa shape index (κ2) is 13.6. The van der Waals surface area contributed by atoms with Gasteiger partial charge in [-0.25, -0.2) is 0 Å². The van der Waals surface area contributed by atoms with E-state index in [9.17, 15) is 0 Å². The van der Waals surface area contributed by atoms with Crippen LogP contribution in [0.15, 0.2) is 41.4 Å². The summed E-state index contributed by atoms with van der Waals surface area (Å²) in [5, 5.41) is 6.63. The smallest absolute Gasteiger partial charge is 0.191 e. The zero-order chi connectivity index (χ0) is 21.1. The van der Waals surface area contributed by atoms with Crippen LogP contribution >= 0.6 is 24.0 Å². The molecule has 7 heteroatoms. The van der Waals surface area contributed by atoms with Crippen LogP contribution in [0.1, 0.15) is 16.7 Å². The number of rotatable bonds is 9. The van der Waals surface area contributed by atoms with E-state index in [1.54, 1.807) is 21.3 Å². The summed E-state index contributed by atoms with van der Waals surface area (Å²) >= 11 is 0. The van der Waals surface area contributed by atoms with Gasteiger partial charge < -0.3 is 24.8 Å². The minimum atomic E-state index is 0. The van der Waals surface area contributed by atoms with Crippen molar-refractivity contribution in [2.45, 2.75) is 19.9 Å². The minimum absolute atomic E-state index is 0. The maximum absolute atomic E-state index is 5.55. The maximum atomic E-state index is 5.55. The second-order valence-corrected chi connectivity index (χ2v) is 6.40. The molecule has 0 bridgehead atoms.